The average Bonchev–Trinajstić information content (AvgIpc) is 2.53. The molecule has 0 aliphatic heterocycles. The number of rotatable bonds is 6. The van der Waals surface area contributed by atoms with Crippen molar-refractivity contribution >= 4 is 17.4 Å². The number of carbonyl (C=O) groups excluding carboxylic acids is 2. The number of ketones is 1. The van der Waals surface area contributed by atoms with Gasteiger partial charge < -0.3 is 15.2 Å². The predicted octanol–water partition coefficient (Wildman–Crippen LogP) is 3.23. The van der Waals surface area contributed by atoms with Crippen LogP contribution in [-0.2, 0) is 11.3 Å². The van der Waals surface area contributed by atoms with Crippen LogP contribution >= 0.6 is 0 Å². The van der Waals surface area contributed by atoms with Crippen molar-refractivity contribution in [3.8, 4) is 5.75 Å². The lowest BCUT2D eigenvalue weighted by molar-refractivity contribution is 0.0522. The standard InChI is InChI=1S/C18H19NO4/c1-3-22-18(21)17-10-15(7-8-16(17)12(2)20)23-11-13-5-4-6-14(19)9-13/h4-10H,3,11,19H2,1-2H3. The molecular formula is C18H19NO4. The van der Waals surface area contributed by atoms with E-state index in [2.05, 4.69) is 0 Å². The van der Waals surface area contributed by atoms with E-state index in [0.29, 0.717) is 23.6 Å². The highest BCUT2D eigenvalue weighted by Crippen LogP contribution is 2.21. The van der Waals surface area contributed by atoms with Crippen molar-refractivity contribution in [1.29, 1.82) is 0 Å². The zero-order chi connectivity index (χ0) is 16.8. The number of hydrogen-bond donors (Lipinski definition) is 1. The Morgan fingerprint density at radius 2 is 1.87 bits per heavy atom. The minimum atomic E-state index is -0.535. The lowest BCUT2D eigenvalue weighted by atomic mass is 10.0. The molecule has 0 bridgehead atoms. The van der Waals surface area contributed by atoms with Crippen LogP contribution in [0.5, 0.6) is 5.75 Å². The highest BCUT2D eigenvalue weighted by Gasteiger charge is 2.16. The molecule has 2 rings (SSSR count). The molecule has 0 spiro atoms. The number of hydrogen-bond acceptors (Lipinski definition) is 5. The minimum absolute atomic E-state index is 0.199. The van der Waals surface area contributed by atoms with Crippen LogP contribution < -0.4 is 10.5 Å². The summed E-state index contributed by atoms with van der Waals surface area (Å²) in [6, 6.07) is 12.1. The van der Waals surface area contributed by atoms with Crippen LogP contribution in [0, 0.1) is 0 Å². The van der Waals surface area contributed by atoms with Crippen LogP contribution in [0.4, 0.5) is 5.69 Å². The fourth-order valence-corrected chi connectivity index (χ4v) is 2.15. The smallest absolute Gasteiger partial charge is 0.338 e. The number of nitrogen functional groups attached to an aromatic ring is 1. The van der Waals surface area contributed by atoms with Gasteiger partial charge in [0.15, 0.2) is 5.78 Å². The number of esters is 1. The Kier molecular flexibility index (Phi) is 5.36. The third-order valence-corrected chi connectivity index (χ3v) is 3.22. The highest BCUT2D eigenvalue weighted by atomic mass is 16.5. The molecule has 0 aliphatic carbocycles. The molecule has 0 saturated heterocycles. The van der Waals surface area contributed by atoms with E-state index in [0.717, 1.165) is 5.56 Å². The van der Waals surface area contributed by atoms with Crippen LogP contribution in [0.1, 0.15) is 40.1 Å². The second-order valence-electron chi connectivity index (χ2n) is 5.02. The second kappa shape index (κ2) is 7.45. The van der Waals surface area contributed by atoms with Crippen LogP contribution in [-0.4, -0.2) is 18.4 Å². The first-order valence-corrected chi connectivity index (χ1v) is 7.30. The lowest BCUT2D eigenvalue weighted by Gasteiger charge is -2.11. The van der Waals surface area contributed by atoms with Crippen LogP contribution in [0.2, 0.25) is 0 Å². The van der Waals surface area contributed by atoms with Gasteiger partial charge >= 0.3 is 5.97 Å². The first-order chi connectivity index (χ1) is 11.0. The topological polar surface area (TPSA) is 78.6 Å². The predicted molar refractivity (Wildman–Crippen MR) is 87.6 cm³/mol. The summed E-state index contributed by atoms with van der Waals surface area (Å²) in [6.45, 7) is 3.67. The van der Waals surface area contributed by atoms with E-state index in [1.165, 1.54) is 13.0 Å². The molecule has 5 nitrogen and oxygen atoms in total. The molecule has 2 N–H and O–H groups in total. The molecule has 120 valence electrons. The van der Waals surface area contributed by atoms with Gasteiger partial charge in [-0.2, -0.15) is 0 Å². The summed E-state index contributed by atoms with van der Waals surface area (Å²) in [5.74, 6) is -0.247. The van der Waals surface area contributed by atoms with Gasteiger partial charge in [0.1, 0.15) is 12.4 Å². The summed E-state index contributed by atoms with van der Waals surface area (Å²) in [5.41, 5.74) is 7.83. The summed E-state index contributed by atoms with van der Waals surface area (Å²) in [4.78, 5) is 23.6. The van der Waals surface area contributed by atoms with Gasteiger partial charge in [-0.15, -0.1) is 0 Å². The van der Waals surface area contributed by atoms with Gasteiger partial charge in [-0.05, 0) is 49.7 Å². The van der Waals surface area contributed by atoms with Crippen LogP contribution in [0.15, 0.2) is 42.5 Å². The molecule has 0 radical (unpaired) electrons. The SMILES string of the molecule is CCOC(=O)c1cc(OCc2cccc(N)c2)ccc1C(C)=O. The number of benzene rings is 2. The van der Waals surface area contributed by atoms with Gasteiger partial charge in [0.25, 0.3) is 0 Å². The molecule has 23 heavy (non-hydrogen) atoms. The monoisotopic (exact) mass is 313 g/mol. The molecule has 2 aromatic carbocycles. The molecule has 0 heterocycles. The van der Waals surface area contributed by atoms with Crippen molar-refractivity contribution in [2.75, 3.05) is 12.3 Å². The Bertz CT molecular complexity index is 725. The van der Waals surface area contributed by atoms with E-state index in [1.54, 1.807) is 25.1 Å². The summed E-state index contributed by atoms with van der Waals surface area (Å²) in [7, 11) is 0. The molecular weight excluding hydrogens is 294 g/mol. The zero-order valence-corrected chi connectivity index (χ0v) is 13.2. The molecule has 0 saturated carbocycles. The fraction of sp³-hybridized carbons (Fsp3) is 0.222. The van der Waals surface area contributed by atoms with Crippen molar-refractivity contribution in [3.63, 3.8) is 0 Å². The Balaban J connectivity index is 2.21. The number of ether oxygens (including phenoxy) is 2. The van der Waals surface area contributed by atoms with E-state index >= 15 is 0 Å². The molecule has 5 heteroatoms. The van der Waals surface area contributed by atoms with Gasteiger partial charge in [-0.3, -0.25) is 4.79 Å². The Labute approximate surface area is 135 Å². The van der Waals surface area contributed by atoms with Gasteiger partial charge in [0.05, 0.1) is 12.2 Å². The maximum Gasteiger partial charge on any atom is 0.338 e. The van der Waals surface area contributed by atoms with Crippen molar-refractivity contribution in [3.05, 3.63) is 59.2 Å². The van der Waals surface area contributed by atoms with E-state index in [4.69, 9.17) is 15.2 Å². The molecule has 0 fully saturated rings. The van der Waals surface area contributed by atoms with E-state index in [-0.39, 0.29) is 18.0 Å². The molecule has 0 atom stereocenters. The lowest BCUT2D eigenvalue weighted by Crippen LogP contribution is -2.11. The normalized spacial score (nSPS) is 10.2. The zero-order valence-electron chi connectivity index (χ0n) is 13.2. The summed E-state index contributed by atoms with van der Waals surface area (Å²) in [5, 5.41) is 0. The summed E-state index contributed by atoms with van der Waals surface area (Å²) in [6.07, 6.45) is 0. The second-order valence-corrected chi connectivity index (χ2v) is 5.02. The maximum atomic E-state index is 12.0. The average molecular weight is 313 g/mol. The highest BCUT2D eigenvalue weighted by molar-refractivity contribution is 6.05. The molecule has 0 unspecified atom stereocenters. The molecule has 0 amide bonds. The van der Waals surface area contributed by atoms with E-state index in [1.807, 2.05) is 18.2 Å². The molecule has 0 aliphatic rings. The van der Waals surface area contributed by atoms with Crippen molar-refractivity contribution in [1.82, 2.24) is 0 Å². The van der Waals surface area contributed by atoms with Gasteiger partial charge in [-0.25, -0.2) is 4.79 Å². The Morgan fingerprint density at radius 3 is 2.52 bits per heavy atom. The van der Waals surface area contributed by atoms with Gasteiger partial charge in [-0.1, -0.05) is 12.1 Å². The summed E-state index contributed by atoms with van der Waals surface area (Å²) < 4.78 is 10.7. The van der Waals surface area contributed by atoms with Crippen LogP contribution in [0.3, 0.4) is 0 Å². The fourth-order valence-electron chi connectivity index (χ4n) is 2.15. The van der Waals surface area contributed by atoms with Crippen molar-refractivity contribution < 1.29 is 19.1 Å². The first-order valence-electron chi connectivity index (χ1n) is 7.30. The Morgan fingerprint density at radius 1 is 1.09 bits per heavy atom. The Hall–Kier alpha value is -2.82. The minimum Gasteiger partial charge on any atom is -0.489 e. The quantitative estimate of drug-likeness (QED) is 0.503. The maximum absolute atomic E-state index is 12.0. The third-order valence-electron chi connectivity index (χ3n) is 3.22. The molecule has 0 aromatic heterocycles. The number of carbonyl (C=O) groups is 2. The summed E-state index contributed by atoms with van der Waals surface area (Å²) >= 11 is 0. The number of Topliss-reactive ketones (excluding diaryl/α,β-unsaturated/α-hetero) is 1. The van der Waals surface area contributed by atoms with E-state index < -0.39 is 5.97 Å². The first kappa shape index (κ1) is 16.5. The largest absolute Gasteiger partial charge is 0.489 e. The third kappa shape index (κ3) is 4.32. The van der Waals surface area contributed by atoms with E-state index in [9.17, 15) is 9.59 Å². The molecule has 2 aromatic rings. The number of nitrogens with two attached hydrogens (primary N) is 1. The van der Waals surface area contributed by atoms with Gasteiger partial charge in [0, 0.05) is 11.3 Å². The van der Waals surface area contributed by atoms with Gasteiger partial charge in [0.2, 0.25) is 0 Å². The van der Waals surface area contributed by atoms with Crippen molar-refractivity contribution in [2.45, 2.75) is 20.5 Å². The van der Waals surface area contributed by atoms with Crippen molar-refractivity contribution in [2.24, 2.45) is 0 Å². The van der Waals surface area contributed by atoms with Crippen LogP contribution in [0.25, 0.3) is 0 Å². The number of anilines is 1.